The van der Waals surface area contributed by atoms with Crippen LogP contribution >= 0.6 is 11.6 Å². The molecule has 4 aromatic rings. The van der Waals surface area contributed by atoms with Crippen molar-refractivity contribution in [3.63, 3.8) is 0 Å². The number of aromatic nitrogens is 4. The number of hydrogen-bond acceptors (Lipinski definition) is 6. The molecule has 9 heteroatoms. The summed E-state index contributed by atoms with van der Waals surface area (Å²) in [7, 11) is 0. The van der Waals surface area contributed by atoms with Crippen LogP contribution in [0, 0.1) is 0 Å². The zero-order valence-corrected chi connectivity index (χ0v) is 22.3. The molecule has 2 aromatic carbocycles. The van der Waals surface area contributed by atoms with E-state index in [4.69, 9.17) is 22.1 Å². The predicted octanol–water partition coefficient (Wildman–Crippen LogP) is 4.70. The predicted molar refractivity (Wildman–Crippen MR) is 149 cm³/mol. The zero-order valence-electron chi connectivity index (χ0n) is 21.5. The highest BCUT2D eigenvalue weighted by Gasteiger charge is 2.32. The molecule has 1 saturated carbocycles. The number of rotatable bonds is 6. The van der Waals surface area contributed by atoms with E-state index in [1.807, 2.05) is 66.7 Å². The highest BCUT2D eigenvalue weighted by atomic mass is 35.5. The molecule has 1 aliphatic carbocycles. The molecule has 1 amide bonds. The average Bonchev–Trinajstić information content (AvgIpc) is 3.30. The van der Waals surface area contributed by atoms with Gasteiger partial charge in [0.05, 0.1) is 5.69 Å². The number of nitrogens with zero attached hydrogens (tertiary/aromatic N) is 4. The number of carbonyl (C=O) groups is 1. The molecule has 0 radical (unpaired) electrons. The van der Waals surface area contributed by atoms with Crippen LogP contribution in [0.25, 0.3) is 5.69 Å². The minimum absolute atomic E-state index is 0.141. The largest absolute Gasteiger partial charge is 0.474 e. The van der Waals surface area contributed by atoms with Crippen molar-refractivity contribution in [1.29, 1.82) is 0 Å². The molecule has 200 valence electrons. The number of fused-ring (bicyclic) bond motifs is 3. The summed E-state index contributed by atoms with van der Waals surface area (Å²) >= 11 is 6.42. The third-order valence-electron chi connectivity index (χ3n) is 7.68. The fourth-order valence-corrected chi connectivity index (χ4v) is 5.91. The van der Waals surface area contributed by atoms with Crippen molar-refractivity contribution < 1.29 is 9.53 Å². The van der Waals surface area contributed by atoms with E-state index in [9.17, 15) is 4.79 Å². The summed E-state index contributed by atoms with van der Waals surface area (Å²) in [5, 5.41) is 13.1. The third-order valence-corrected chi connectivity index (χ3v) is 7.92. The van der Waals surface area contributed by atoms with Crippen molar-refractivity contribution >= 4 is 17.5 Å². The maximum Gasteiger partial charge on any atom is 0.241 e. The number of pyridine rings is 1. The molecule has 3 N–H and O–H groups in total. The summed E-state index contributed by atoms with van der Waals surface area (Å²) in [5.74, 6) is 2.50. The Bertz CT molecular complexity index is 1440. The molecule has 3 heterocycles. The van der Waals surface area contributed by atoms with Crippen LogP contribution in [-0.2, 0) is 17.6 Å². The first kappa shape index (κ1) is 25.5. The Balaban J connectivity index is 1.22. The Morgan fingerprint density at radius 2 is 1.79 bits per heavy atom. The molecule has 1 aliphatic heterocycles. The Morgan fingerprint density at radius 3 is 2.56 bits per heavy atom. The lowest BCUT2D eigenvalue weighted by Crippen LogP contribution is -2.42. The van der Waals surface area contributed by atoms with Gasteiger partial charge in [-0.05, 0) is 67.5 Å². The lowest BCUT2D eigenvalue weighted by molar-refractivity contribution is -0.123. The van der Waals surface area contributed by atoms with Gasteiger partial charge in [0.25, 0.3) is 0 Å². The first-order valence-corrected chi connectivity index (χ1v) is 13.8. The second-order valence-corrected chi connectivity index (χ2v) is 10.8. The van der Waals surface area contributed by atoms with Gasteiger partial charge in [0, 0.05) is 35.7 Å². The van der Waals surface area contributed by atoms with E-state index >= 15 is 0 Å². The highest BCUT2D eigenvalue weighted by molar-refractivity contribution is 6.30. The van der Waals surface area contributed by atoms with E-state index in [0.717, 1.165) is 54.1 Å². The molecule has 2 aliphatic rings. The molecule has 0 saturated heterocycles. The van der Waals surface area contributed by atoms with Crippen molar-refractivity contribution in [2.45, 2.75) is 62.6 Å². The van der Waals surface area contributed by atoms with Crippen LogP contribution in [0.3, 0.4) is 0 Å². The molecule has 2 atom stereocenters. The van der Waals surface area contributed by atoms with Crippen LogP contribution in [-0.4, -0.2) is 37.8 Å². The number of benzene rings is 2. The Morgan fingerprint density at radius 1 is 1.00 bits per heavy atom. The number of carbonyl (C=O) groups excluding carboxylic acids is 1. The number of ether oxygens (including phenoxy) is 1. The molecule has 1 fully saturated rings. The molecule has 39 heavy (non-hydrogen) atoms. The number of amides is 1. The van der Waals surface area contributed by atoms with Gasteiger partial charge in [0.2, 0.25) is 11.8 Å². The quantitative estimate of drug-likeness (QED) is 0.365. The summed E-state index contributed by atoms with van der Waals surface area (Å²) in [6, 6.07) is 20.1. The molecular weight excluding hydrogens is 512 g/mol. The van der Waals surface area contributed by atoms with Gasteiger partial charge in [0.1, 0.15) is 23.8 Å². The summed E-state index contributed by atoms with van der Waals surface area (Å²) < 4.78 is 8.29. The first-order valence-electron chi connectivity index (χ1n) is 13.5. The van der Waals surface area contributed by atoms with Gasteiger partial charge in [-0.1, -0.05) is 48.0 Å². The maximum absolute atomic E-state index is 13.1. The van der Waals surface area contributed by atoms with Gasteiger partial charge >= 0.3 is 0 Å². The highest BCUT2D eigenvalue weighted by Crippen LogP contribution is 2.37. The number of hydrogen-bond donors (Lipinski definition) is 2. The number of nitrogens with two attached hydrogens (primary N) is 1. The van der Waals surface area contributed by atoms with E-state index in [1.54, 1.807) is 6.20 Å². The Labute approximate surface area is 232 Å². The average molecular weight is 543 g/mol. The molecule has 0 spiro atoms. The van der Waals surface area contributed by atoms with Gasteiger partial charge < -0.3 is 15.8 Å². The van der Waals surface area contributed by atoms with Crippen molar-refractivity contribution in [2.24, 2.45) is 5.73 Å². The van der Waals surface area contributed by atoms with E-state index in [1.165, 1.54) is 0 Å². The molecular formula is C30H31ClN6O2. The summed E-state index contributed by atoms with van der Waals surface area (Å²) in [6.07, 6.45) is 6.81. The second kappa shape index (κ2) is 11.2. The van der Waals surface area contributed by atoms with Crippen molar-refractivity contribution in [2.75, 3.05) is 0 Å². The smallest absolute Gasteiger partial charge is 0.241 e. The summed E-state index contributed by atoms with van der Waals surface area (Å²) in [5.41, 5.74) is 9.13. The van der Waals surface area contributed by atoms with E-state index in [0.29, 0.717) is 23.7 Å². The minimum atomic E-state index is -0.745. The van der Waals surface area contributed by atoms with Crippen molar-refractivity contribution in [3.05, 3.63) is 101 Å². The third kappa shape index (κ3) is 5.53. The van der Waals surface area contributed by atoms with Crippen LogP contribution in [0.4, 0.5) is 0 Å². The first-order chi connectivity index (χ1) is 19.0. The molecule has 2 aromatic heterocycles. The van der Waals surface area contributed by atoms with Gasteiger partial charge in [-0.15, -0.1) is 10.2 Å². The van der Waals surface area contributed by atoms with Crippen LogP contribution < -0.4 is 15.8 Å². The molecule has 0 unspecified atom stereocenters. The van der Waals surface area contributed by atoms with E-state index in [2.05, 4.69) is 25.1 Å². The lowest BCUT2D eigenvalue weighted by Gasteiger charge is -2.28. The Kier molecular flexibility index (Phi) is 7.30. The van der Waals surface area contributed by atoms with Crippen LogP contribution in [0.2, 0.25) is 5.02 Å². The minimum Gasteiger partial charge on any atom is -0.474 e. The van der Waals surface area contributed by atoms with Gasteiger partial charge in [0.15, 0.2) is 0 Å². The van der Waals surface area contributed by atoms with Crippen LogP contribution in [0.1, 0.15) is 60.4 Å². The number of halogens is 1. The molecule has 0 bridgehead atoms. The molecule has 8 nitrogen and oxygen atoms in total. The van der Waals surface area contributed by atoms with Gasteiger partial charge in [-0.25, -0.2) is 4.98 Å². The summed E-state index contributed by atoms with van der Waals surface area (Å²) in [6.45, 7) is 0. The fraction of sp³-hybridized carbons (Fsp3) is 0.333. The van der Waals surface area contributed by atoms with Gasteiger partial charge in [-0.2, -0.15) is 0 Å². The van der Waals surface area contributed by atoms with Crippen molar-refractivity contribution in [1.82, 2.24) is 25.1 Å². The van der Waals surface area contributed by atoms with Gasteiger partial charge in [-0.3, -0.25) is 9.36 Å². The standard InChI is InChI=1S/C30H31ClN6O2/c31-22-11-14-25-21(16-22)17-23(34-30(38)28(32)19-6-2-1-3-7-19)18-26-35-36-29(37(25)26)20-9-12-24(13-10-20)39-27-8-4-5-15-33-27/h1-8,11,14-16,20,23-24,28H,9-10,12-13,17-18,32H2,(H,34,38)/t20-,23-,24-,28-/m1/s1. The van der Waals surface area contributed by atoms with Crippen molar-refractivity contribution in [3.8, 4) is 11.6 Å². The van der Waals surface area contributed by atoms with E-state index < -0.39 is 6.04 Å². The lowest BCUT2D eigenvalue weighted by atomic mass is 9.86. The maximum atomic E-state index is 13.1. The SMILES string of the molecule is N[C@@H](C(=O)N[C@@H]1Cc2cc(Cl)ccc2-n2c(nnc2[C@H]2CC[C@H](Oc3ccccn3)CC2)C1)c1ccccc1. The zero-order chi connectivity index (χ0) is 26.8. The van der Waals surface area contributed by atoms with E-state index in [-0.39, 0.29) is 24.0 Å². The number of nitrogens with one attached hydrogen (secondary N) is 1. The molecule has 6 rings (SSSR count). The normalized spacial score (nSPS) is 21.2. The fourth-order valence-electron chi connectivity index (χ4n) is 5.71. The second-order valence-electron chi connectivity index (χ2n) is 10.3. The topological polar surface area (TPSA) is 108 Å². The monoisotopic (exact) mass is 542 g/mol. The van der Waals surface area contributed by atoms with Crippen LogP contribution in [0.5, 0.6) is 5.88 Å². The summed E-state index contributed by atoms with van der Waals surface area (Å²) in [4.78, 5) is 17.4. The Hall–Kier alpha value is -3.75. The van der Waals surface area contributed by atoms with Crippen LogP contribution in [0.15, 0.2) is 72.9 Å².